The predicted octanol–water partition coefficient (Wildman–Crippen LogP) is 5.44. The molecule has 0 aromatic heterocycles. The second kappa shape index (κ2) is 7.28. The fourth-order valence-corrected chi connectivity index (χ4v) is 4.90. The standard InChI is InChI=1S/C21H23Cl2NO/c22-19-9-6-15(12-20(19)23)21(25)13-24-17-7-8-18(24)11-16(10-17)14-4-2-1-3-5-14/h1-6,9,12,16-18,21,25H,7-8,10-11,13H2/t16?,17-,18+,21?. The van der Waals surface area contributed by atoms with Crippen LogP contribution in [0.5, 0.6) is 0 Å². The van der Waals surface area contributed by atoms with E-state index in [-0.39, 0.29) is 0 Å². The van der Waals surface area contributed by atoms with Crippen LogP contribution in [0.1, 0.15) is 48.8 Å². The van der Waals surface area contributed by atoms with Crippen molar-refractivity contribution in [1.29, 1.82) is 0 Å². The largest absolute Gasteiger partial charge is 0.387 e. The molecule has 2 nitrogen and oxygen atoms in total. The number of aliphatic hydroxyl groups excluding tert-OH is 1. The summed E-state index contributed by atoms with van der Waals surface area (Å²) in [6.07, 6.45) is 4.33. The SMILES string of the molecule is OC(CN1[C@@H]2CC[C@H]1CC(c1ccccc1)C2)c1ccc(Cl)c(Cl)c1. The fourth-order valence-electron chi connectivity index (χ4n) is 4.59. The highest BCUT2D eigenvalue weighted by Gasteiger charge is 2.41. The van der Waals surface area contributed by atoms with Crippen molar-refractivity contribution < 1.29 is 5.11 Å². The summed E-state index contributed by atoms with van der Waals surface area (Å²) in [6, 6.07) is 17.4. The average molecular weight is 376 g/mol. The van der Waals surface area contributed by atoms with Gasteiger partial charge in [0.2, 0.25) is 0 Å². The Balaban J connectivity index is 1.45. The molecular weight excluding hydrogens is 353 g/mol. The smallest absolute Gasteiger partial charge is 0.0917 e. The molecule has 0 amide bonds. The van der Waals surface area contributed by atoms with Crippen molar-refractivity contribution in [3.63, 3.8) is 0 Å². The van der Waals surface area contributed by atoms with Crippen LogP contribution < -0.4 is 0 Å². The zero-order valence-corrected chi connectivity index (χ0v) is 15.6. The maximum atomic E-state index is 10.7. The molecule has 0 saturated carbocycles. The van der Waals surface area contributed by atoms with E-state index in [4.69, 9.17) is 23.2 Å². The third-order valence-corrected chi connectivity index (χ3v) is 6.61. The average Bonchev–Trinajstić information content (AvgIpc) is 2.86. The van der Waals surface area contributed by atoms with Gasteiger partial charge in [-0.15, -0.1) is 0 Å². The number of rotatable bonds is 4. The molecule has 2 bridgehead atoms. The van der Waals surface area contributed by atoms with Crippen molar-refractivity contribution in [3.05, 3.63) is 69.7 Å². The van der Waals surface area contributed by atoms with Crippen LogP contribution in [-0.4, -0.2) is 28.6 Å². The zero-order chi connectivity index (χ0) is 17.4. The lowest BCUT2D eigenvalue weighted by atomic mass is 9.85. The van der Waals surface area contributed by atoms with Crippen LogP contribution in [-0.2, 0) is 0 Å². The van der Waals surface area contributed by atoms with Crippen LogP contribution in [0, 0.1) is 0 Å². The van der Waals surface area contributed by atoms with Gasteiger partial charge in [0.25, 0.3) is 0 Å². The number of piperidine rings is 1. The van der Waals surface area contributed by atoms with Gasteiger partial charge in [0, 0.05) is 18.6 Å². The van der Waals surface area contributed by atoms with Crippen LogP contribution in [0.25, 0.3) is 0 Å². The molecular formula is C21H23Cl2NO. The molecule has 2 aromatic rings. The summed E-state index contributed by atoms with van der Waals surface area (Å²) in [5, 5.41) is 11.7. The summed E-state index contributed by atoms with van der Waals surface area (Å²) in [4.78, 5) is 2.52. The Morgan fingerprint density at radius 3 is 2.28 bits per heavy atom. The van der Waals surface area contributed by atoms with E-state index in [0.29, 0.717) is 34.6 Å². The number of hydrogen-bond acceptors (Lipinski definition) is 2. The minimum Gasteiger partial charge on any atom is -0.387 e. The fraction of sp³-hybridized carbons (Fsp3) is 0.429. The predicted molar refractivity (Wildman–Crippen MR) is 103 cm³/mol. The molecule has 4 rings (SSSR count). The van der Waals surface area contributed by atoms with Gasteiger partial charge in [0.15, 0.2) is 0 Å². The summed E-state index contributed by atoms with van der Waals surface area (Å²) in [5.74, 6) is 0.650. The van der Waals surface area contributed by atoms with Gasteiger partial charge in [-0.2, -0.15) is 0 Å². The highest BCUT2D eigenvalue weighted by atomic mass is 35.5. The highest BCUT2D eigenvalue weighted by Crippen LogP contribution is 2.43. The Morgan fingerprint density at radius 2 is 1.64 bits per heavy atom. The molecule has 0 radical (unpaired) electrons. The Labute approximate surface area is 159 Å². The molecule has 0 aliphatic carbocycles. The van der Waals surface area contributed by atoms with Crippen molar-refractivity contribution in [1.82, 2.24) is 4.90 Å². The maximum absolute atomic E-state index is 10.7. The quantitative estimate of drug-likeness (QED) is 0.768. The van der Waals surface area contributed by atoms with Gasteiger partial charge in [-0.05, 0) is 54.9 Å². The topological polar surface area (TPSA) is 23.5 Å². The van der Waals surface area contributed by atoms with E-state index in [1.54, 1.807) is 12.1 Å². The van der Waals surface area contributed by atoms with Gasteiger partial charge in [0.1, 0.15) is 0 Å². The van der Waals surface area contributed by atoms with Gasteiger partial charge < -0.3 is 5.11 Å². The monoisotopic (exact) mass is 375 g/mol. The van der Waals surface area contributed by atoms with Crippen LogP contribution in [0.15, 0.2) is 48.5 Å². The summed E-state index contributed by atoms with van der Waals surface area (Å²) in [5.41, 5.74) is 2.31. The third kappa shape index (κ3) is 3.59. The minimum atomic E-state index is -0.522. The Hall–Kier alpha value is -1.06. The second-order valence-corrected chi connectivity index (χ2v) is 8.16. The number of hydrogen-bond donors (Lipinski definition) is 1. The van der Waals surface area contributed by atoms with Gasteiger partial charge >= 0.3 is 0 Å². The molecule has 4 atom stereocenters. The van der Waals surface area contributed by atoms with Crippen molar-refractivity contribution >= 4 is 23.2 Å². The molecule has 132 valence electrons. The minimum absolute atomic E-state index is 0.504. The Bertz CT molecular complexity index is 722. The van der Waals surface area contributed by atoms with E-state index in [0.717, 1.165) is 5.56 Å². The molecule has 2 aliphatic heterocycles. The summed E-state index contributed by atoms with van der Waals surface area (Å²) in [6.45, 7) is 0.675. The van der Waals surface area contributed by atoms with Gasteiger partial charge in [0.05, 0.1) is 16.1 Å². The van der Waals surface area contributed by atoms with Crippen molar-refractivity contribution in [2.24, 2.45) is 0 Å². The molecule has 2 saturated heterocycles. The van der Waals surface area contributed by atoms with E-state index >= 15 is 0 Å². The normalized spacial score (nSPS) is 27.4. The highest BCUT2D eigenvalue weighted by molar-refractivity contribution is 6.42. The first-order valence-electron chi connectivity index (χ1n) is 9.05. The molecule has 0 spiro atoms. The first kappa shape index (κ1) is 17.4. The molecule has 2 aromatic carbocycles. The van der Waals surface area contributed by atoms with Crippen LogP contribution in [0.2, 0.25) is 10.0 Å². The lowest BCUT2D eigenvalue weighted by Gasteiger charge is -2.40. The van der Waals surface area contributed by atoms with E-state index in [9.17, 15) is 5.11 Å². The van der Waals surface area contributed by atoms with Crippen molar-refractivity contribution in [3.8, 4) is 0 Å². The lowest BCUT2D eigenvalue weighted by molar-refractivity contribution is 0.0558. The van der Waals surface area contributed by atoms with Gasteiger partial charge in [-0.25, -0.2) is 0 Å². The van der Waals surface area contributed by atoms with E-state index in [1.807, 2.05) is 6.07 Å². The molecule has 4 heteroatoms. The van der Waals surface area contributed by atoms with Gasteiger partial charge in [-0.3, -0.25) is 4.90 Å². The van der Waals surface area contributed by atoms with E-state index in [2.05, 4.69) is 35.2 Å². The third-order valence-electron chi connectivity index (χ3n) is 5.87. The van der Waals surface area contributed by atoms with E-state index in [1.165, 1.54) is 31.2 Å². The molecule has 2 fully saturated rings. The maximum Gasteiger partial charge on any atom is 0.0917 e. The van der Waals surface area contributed by atoms with Crippen LogP contribution in [0.4, 0.5) is 0 Å². The number of fused-ring (bicyclic) bond motifs is 2. The first-order chi connectivity index (χ1) is 12.1. The number of benzene rings is 2. The number of halogens is 2. The summed E-state index contributed by atoms with van der Waals surface area (Å²) >= 11 is 12.1. The van der Waals surface area contributed by atoms with Crippen LogP contribution in [0.3, 0.4) is 0 Å². The molecule has 2 aliphatic rings. The lowest BCUT2D eigenvalue weighted by Crippen LogP contribution is -2.44. The molecule has 25 heavy (non-hydrogen) atoms. The van der Waals surface area contributed by atoms with Crippen molar-refractivity contribution in [2.45, 2.75) is 49.8 Å². The number of nitrogens with zero attached hydrogens (tertiary/aromatic N) is 1. The second-order valence-electron chi connectivity index (χ2n) is 7.35. The first-order valence-corrected chi connectivity index (χ1v) is 9.81. The molecule has 1 N–H and O–H groups in total. The number of aliphatic hydroxyl groups is 1. The van der Waals surface area contributed by atoms with Crippen molar-refractivity contribution in [2.75, 3.05) is 6.54 Å². The zero-order valence-electron chi connectivity index (χ0n) is 14.1. The summed E-state index contributed by atoms with van der Waals surface area (Å²) in [7, 11) is 0. The van der Waals surface area contributed by atoms with Gasteiger partial charge in [-0.1, -0.05) is 59.6 Å². The summed E-state index contributed by atoms with van der Waals surface area (Å²) < 4.78 is 0. The Kier molecular flexibility index (Phi) is 5.06. The molecule has 2 heterocycles. The van der Waals surface area contributed by atoms with E-state index < -0.39 is 6.10 Å². The molecule has 2 unspecified atom stereocenters. The Morgan fingerprint density at radius 1 is 0.960 bits per heavy atom. The van der Waals surface area contributed by atoms with Crippen LogP contribution >= 0.6 is 23.2 Å².